The summed E-state index contributed by atoms with van der Waals surface area (Å²) in [6.07, 6.45) is 2.20. The van der Waals surface area contributed by atoms with E-state index in [1.165, 1.54) is 5.56 Å². The number of halogens is 1. The van der Waals surface area contributed by atoms with Gasteiger partial charge in [-0.1, -0.05) is 74.0 Å². The van der Waals surface area contributed by atoms with E-state index in [2.05, 4.69) is 36.5 Å². The van der Waals surface area contributed by atoms with Gasteiger partial charge in [0.1, 0.15) is 0 Å². The third-order valence-electron chi connectivity index (χ3n) is 5.25. The molecule has 0 radical (unpaired) electrons. The third kappa shape index (κ3) is 6.93. The van der Waals surface area contributed by atoms with E-state index in [9.17, 15) is 15.0 Å². The lowest BCUT2D eigenvalue weighted by Crippen LogP contribution is -2.23. The van der Waals surface area contributed by atoms with E-state index in [4.69, 9.17) is 0 Å². The lowest BCUT2D eigenvalue weighted by molar-refractivity contribution is 0.0696. The van der Waals surface area contributed by atoms with Crippen LogP contribution < -0.4 is 5.32 Å². The average Bonchev–Trinajstić information content (AvgIpc) is 2.78. The lowest BCUT2D eigenvalue weighted by atomic mass is 9.94. The standard InChI is InChI=1S/C26H29NO3.ClH/c1-2-6-22-17-23(26(29)30)13-14-24(22)20-11-9-19(10-12-20)15-16-27-18-25(28)21-7-4-3-5-8-21;/h3-5,7-14,17,25,27-28H,2,6,15-16,18H2,1H3,(H,29,30);1H/t25-;/m0./s1. The van der Waals surface area contributed by atoms with Crippen molar-refractivity contribution < 1.29 is 15.0 Å². The number of carboxylic acid groups (broad SMARTS) is 1. The van der Waals surface area contributed by atoms with Crippen LogP contribution in [0.5, 0.6) is 0 Å². The number of carbonyl (C=O) groups is 1. The predicted molar refractivity (Wildman–Crippen MR) is 128 cm³/mol. The van der Waals surface area contributed by atoms with Crippen molar-refractivity contribution in [1.82, 2.24) is 5.32 Å². The first-order valence-electron chi connectivity index (χ1n) is 10.5. The molecule has 0 heterocycles. The fourth-order valence-electron chi connectivity index (χ4n) is 3.60. The van der Waals surface area contributed by atoms with Crippen LogP contribution in [0.4, 0.5) is 0 Å². The number of benzene rings is 3. The lowest BCUT2D eigenvalue weighted by Gasteiger charge is -2.13. The smallest absolute Gasteiger partial charge is 0.335 e. The number of nitrogens with one attached hydrogen (secondary N) is 1. The Morgan fingerprint density at radius 2 is 1.68 bits per heavy atom. The van der Waals surface area contributed by atoms with Crippen molar-refractivity contribution in [2.24, 2.45) is 0 Å². The van der Waals surface area contributed by atoms with E-state index in [0.717, 1.165) is 48.1 Å². The van der Waals surface area contributed by atoms with E-state index in [-0.39, 0.29) is 12.4 Å². The van der Waals surface area contributed by atoms with E-state index >= 15 is 0 Å². The average molecular weight is 440 g/mol. The Balaban J connectivity index is 0.00000341. The highest BCUT2D eigenvalue weighted by molar-refractivity contribution is 5.89. The molecule has 5 heteroatoms. The summed E-state index contributed by atoms with van der Waals surface area (Å²) in [7, 11) is 0. The highest BCUT2D eigenvalue weighted by atomic mass is 35.5. The second kappa shape index (κ2) is 12.3. The van der Waals surface area contributed by atoms with Crippen LogP contribution >= 0.6 is 12.4 Å². The number of aliphatic hydroxyl groups is 1. The SMILES string of the molecule is CCCc1cc(C(=O)O)ccc1-c1ccc(CCNC[C@H](O)c2ccccc2)cc1.Cl. The first-order chi connectivity index (χ1) is 14.6. The molecular formula is C26H30ClNO3. The van der Waals surface area contributed by atoms with Gasteiger partial charge in [-0.25, -0.2) is 4.79 Å². The van der Waals surface area contributed by atoms with Crippen molar-refractivity contribution in [3.05, 3.63) is 95.1 Å². The number of rotatable bonds is 10. The molecule has 0 aliphatic carbocycles. The molecule has 3 aromatic rings. The first kappa shape index (κ1) is 24.6. The number of carboxylic acids is 1. The molecular weight excluding hydrogens is 410 g/mol. The molecule has 3 rings (SSSR count). The molecule has 0 aliphatic heterocycles. The summed E-state index contributed by atoms with van der Waals surface area (Å²) < 4.78 is 0. The van der Waals surface area contributed by atoms with Gasteiger partial charge >= 0.3 is 5.97 Å². The molecule has 1 atom stereocenters. The number of aromatic carboxylic acids is 1. The molecule has 0 unspecified atom stereocenters. The van der Waals surface area contributed by atoms with Gasteiger partial charge in [-0.15, -0.1) is 12.4 Å². The Morgan fingerprint density at radius 1 is 0.968 bits per heavy atom. The minimum absolute atomic E-state index is 0. The first-order valence-corrected chi connectivity index (χ1v) is 10.5. The van der Waals surface area contributed by atoms with Gasteiger partial charge in [-0.2, -0.15) is 0 Å². The van der Waals surface area contributed by atoms with E-state index in [1.54, 1.807) is 12.1 Å². The van der Waals surface area contributed by atoms with Crippen molar-refractivity contribution in [3.63, 3.8) is 0 Å². The Labute approximate surface area is 190 Å². The molecule has 31 heavy (non-hydrogen) atoms. The minimum Gasteiger partial charge on any atom is -0.478 e. The quantitative estimate of drug-likeness (QED) is 0.375. The van der Waals surface area contributed by atoms with Crippen LogP contribution in [-0.4, -0.2) is 29.3 Å². The van der Waals surface area contributed by atoms with Crippen LogP contribution in [0.15, 0.2) is 72.8 Å². The van der Waals surface area contributed by atoms with Crippen molar-refractivity contribution in [2.75, 3.05) is 13.1 Å². The van der Waals surface area contributed by atoms with Crippen molar-refractivity contribution in [3.8, 4) is 11.1 Å². The number of aliphatic hydroxyl groups excluding tert-OH is 1. The van der Waals surface area contributed by atoms with E-state index in [1.807, 2.05) is 36.4 Å². The number of hydrogen-bond acceptors (Lipinski definition) is 3. The summed E-state index contributed by atoms with van der Waals surface area (Å²) in [4.78, 5) is 11.3. The van der Waals surface area contributed by atoms with Crippen molar-refractivity contribution in [1.29, 1.82) is 0 Å². The zero-order valence-corrected chi connectivity index (χ0v) is 18.6. The summed E-state index contributed by atoms with van der Waals surface area (Å²) in [6.45, 7) is 3.41. The molecule has 0 amide bonds. The molecule has 164 valence electrons. The summed E-state index contributed by atoms with van der Waals surface area (Å²) >= 11 is 0. The fraction of sp³-hybridized carbons (Fsp3) is 0.269. The van der Waals surface area contributed by atoms with Gasteiger partial charge in [0.15, 0.2) is 0 Å². The van der Waals surface area contributed by atoms with Gasteiger partial charge in [0.25, 0.3) is 0 Å². The molecule has 0 saturated carbocycles. The molecule has 0 saturated heterocycles. The predicted octanol–water partition coefficient (Wildman–Crippen LogP) is 5.29. The van der Waals surface area contributed by atoms with Crippen molar-refractivity contribution in [2.45, 2.75) is 32.3 Å². The molecule has 0 fully saturated rings. The molecule has 0 aromatic heterocycles. The molecule has 4 nitrogen and oxygen atoms in total. The molecule has 0 spiro atoms. The summed E-state index contributed by atoms with van der Waals surface area (Å²) in [6, 6.07) is 23.5. The maximum Gasteiger partial charge on any atom is 0.335 e. The van der Waals surface area contributed by atoms with Crippen LogP contribution in [0.25, 0.3) is 11.1 Å². The molecule has 0 bridgehead atoms. The highest BCUT2D eigenvalue weighted by Gasteiger charge is 2.10. The summed E-state index contributed by atoms with van der Waals surface area (Å²) in [5, 5.41) is 22.8. The summed E-state index contributed by atoms with van der Waals surface area (Å²) in [5.41, 5.74) is 5.75. The van der Waals surface area contributed by atoms with E-state index < -0.39 is 12.1 Å². The van der Waals surface area contributed by atoms with Gasteiger partial charge in [-0.05, 0) is 59.3 Å². The van der Waals surface area contributed by atoms with Crippen LogP contribution in [-0.2, 0) is 12.8 Å². The molecule has 0 aliphatic rings. The highest BCUT2D eigenvalue weighted by Crippen LogP contribution is 2.26. The molecule has 3 N–H and O–H groups in total. The fourth-order valence-corrected chi connectivity index (χ4v) is 3.60. The maximum atomic E-state index is 11.3. The van der Waals surface area contributed by atoms with Gasteiger partial charge in [0.05, 0.1) is 11.7 Å². The minimum atomic E-state index is -0.890. The zero-order chi connectivity index (χ0) is 21.3. The van der Waals surface area contributed by atoms with Crippen LogP contribution in [0, 0.1) is 0 Å². The van der Waals surface area contributed by atoms with Gasteiger partial charge in [-0.3, -0.25) is 0 Å². The third-order valence-corrected chi connectivity index (χ3v) is 5.25. The van der Waals surface area contributed by atoms with Crippen LogP contribution in [0.3, 0.4) is 0 Å². The Bertz CT molecular complexity index is 958. The Morgan fingerprint density at radius 3 is 2.32 bits per heavy atom. The normalized spacial score (nSPS) is 11.5. The van der Waals surface area contributed by atoms with Gasteiger partial charge in [0, 0.05) is 6.54 Å². The zero-order valence-electron chi connectivity index (χ0n) is 17.8. The van der Waals surface area contributed by atoms with Gasteiger partial charge < -0.3 is 15.5 Å². The summed E-state index contributed by atoms with van der Waals surface area (Å²) in [5.74, 6) is -0.890. The molecule has 3 aromatic carbocycles. The second-order valence-corrected chi connectivity index (χ2v) is 7.50. The monoisotopic (exact) mass is 439 g/mol. The topological polar surface area (TPSA) is 69.6 Å². The Hall–Kier alpha value is -2.66. The van der Waals surface area contributed by atoms with E-state index in [0.29, 0.717) is 12.1 Å². The van der Waals surface area contributed by atoms with Gasteiger partial charge in [0.2, 0.25) is 0 Å². The number of hydrogen-bond donors (Lipinski definition) is 3. The number of aryl methyl sites for hydroxylation is 1. The van der Waals surface area contributed by atoms with Crippen molar-refractivity contribution >= 4 is 18.4 Å². The second-order valence-electron chi connectivity index (χ2n) is 7.50. The Kier molecular flexibility index (Phi) is 9.73. The van der Waals surface area contributed by atoms with Crippen LogP contribution in [0.2, 0.25) is 0 Å². The van der Waals surface area contributed by atoms with Crippen LogP contribution in [0.1, 0.15) is 46.5 Å². The maximum absolute atomic E-state index is 11.3. The largest absolute Gasteiger partial charge is 0.478 e.